The first-order valence-corrected chi connectivity index (χ1v) is 11.8. The molecule has 9 nitrogen and oxygen atoms in total. The largest absolute Gasteiger partial charge is 0.369 e. The summed E-state index contributed by atoms with van der Waals surface area (Å²) in [5.41, 5.74) is 8.35. The van der Waals surface area contributed by atoms with E-state index in [0.717, 1.165) is 28.2 Å². The van der Waals surface area contributed by atoms with Gasteiger partial charge in [-0.3, -0.25) is 25.2 Å². The molecule has 2 atom stereocenters. The van der Waals surface area contributed by atoms with Crippen LogP contribution in [0, 0.1) is 10.1 Å². The lowest BCUT2D eigenvalue weighted by atomic mass is 9.85. The Morgan fingerprint density at radius 1 is 1.26 bits per heavy atom. The molecule has 10 heteroatoms. The minimum absolute atomic E-state index is 0.320. The number of pyridine rings is 1. The first kappa shape index (κ1) is 24.2. The Bertz CT molecular complexity index is 1320. The number of nitrogens with one attached hydrogen (secondary N) is 2. The van der Waals surface area contributed by atoms with Gasteiger partial charge in [-0.25, -0.2) is 0 Å². The third-order valence-electron chi connectivity index (χ3n) is 5.85. The van der Waals surface area contributed by atoms with Crippen LogP contribution in [0.25, 0.3) is 10.9 Å². The number of fused-ring (bicyclic) bond motifs is 1. The fourth-order valence-electron chi connectivity index (χ4n) is 4.12. The Kier molecular flexibility index (Phi) is 7.04. The van der Waals surface area contributed by atoms with E-state index in [-0.39, 0.29) is 0 Å². The number of hydrogen-bond acceptors (Lipinski definition) is 8. The predicted octanol–water partition coefficient (Wildman–Crippen LogP) is 3.38. The fraction of sp³-hybridized carbons (Fsp3) is 0.200. The average Bonchev–Trinajstić information content (AvgIpc) is 3.28. The lowest BCUT2D eigenvalue weighted by Crippen LogP contribution is -2.51. The van der Waals surface area contributed by atoms with Crippen LogP contribution in [0.1, 0.15) is 11.1 Å². The minimum Gasteiger partial charge on any atom is -0.369 e. The number of rotatable bonds is 9. The highest BCUT2D eigenvalue weighted by Gasteiger charge is 2.45. The highest BCUT2D eigenvalue weighted by Crippen LogP contribution is 2.42. The van der Waals surface area contributed by atoms with Gasteiger partial charge in [-0.1, -0.05) is 36.4 Å². The smallest absolute Gasteiger partial charge is 0.274 e. The number of thioether (sulfide) groups is 1. The maximum atomic E-state index is 12.5. The van der Waals surface area contributed by atoms with Gasteiger partial charge in [-0.2, -0.15) is 0 Å². The van der Waals surface area contributed by atoms with Crippen LogP contribution in [-0.2, 0) is 16.9 Å². The standard InChI is InChI=1S/C25H26N6O3S/c1-30(2)22(16-31(33)34)29-19-7-5-6-18(14-19)25(11-13-35-23(25)24(26)32)28-15-17-10-12-27-21-9-4-3-8-20(17)21/h3-14,16,23,28-29H,15H2,1-2H3,(H2,26,32)/b22-16+. The summed E-state index contributed by atoms with van der Waals surface area (Å²) in [5.74, 6) is -0.118. The van der Waals surface area contributed by atoms with Crippen molar-refractivity contribution in [3.05, 3.63) is 106 Å². The van der Waals surface area contributed by atoms with Crippen molar-refractivity contribution in [2.45, 2.75) is 17.3 Å². The van der Waals surface area contributed by atoms with E-state index in [2.05, 4.69) is 15.6 Å². The molecule has 2 heterocycles. The maximum absolute atomic E-state index is 12.5. The number of nitrogens with two attached hydrogens (primary N) is 1. The van der Waals surface area contributed by atoms with Crippen LogP contribution >= 0.6 is 11.8 Å². The van der Waals surface area contributed by atoms with Gasteiger partial charge < -0.3 is 16.0 Å². The Morgan fingerprint density at radius 2 is 2.06 bits per heavy atom. The Balaban J connectivity index is 1.71. The summed E-state index contributed by atoms with van der Waals surface area (Å²) in [6, 6.07) is 17.3. The van der Waals surface area contributed by atoms with Crippen molar-refractivity contribution in [2.75, 3.05) is 19.4 Å². The number of nitrogens with zero attached hydrogens (tertiary/aromatic N) is 3. The molecular formula is C25H26N6O3S. The zero-order chi connectivity index (χ0) is 25.0. The SMILES string of the molecule is CN(C)/C(=C/[N+](=O)[O-])Nc1cccc(C2(NCc3ccnc4ccccc34)C=CSC2C(N)=O)c1. The third-order valence-corrected chi connectivity index (χ3v) is 7.02. The van der Waals surface area contributed by atoms with Gasteiger partial charge in [0, 0.05) is 37.9 Å². The lowest BCUT2D eigenvalue weighted by molar-refractivity contribution is -0.404. The van der Waals surface area contributed by atoms with Gasteiger partial charge in [-0.15, -0.1) is 11.8 Å². The molecule has 2 aromatic carbocycles. The summed E-state index contributed by atoms with van der Waals surface area (Å²) in [7, 11) is 3.43. The van der Waals surface area contributed by atoms with Crippen molar-refractivity contribution in [1.82, 2.24) is 15.2 Å². The summed E-state index contributed by atoms with van der Waals surface area (Å²) >= 11 is 1.36. The molecule has 0 fully saturated rings. The van der Waals surface area contributed by atoms with Gasteiger partial charge in [0.15, 0.2) is 5.82 Å². The predicted molar refractivity (Wildman–Crippen MR) is 139 cm³/mol. The molecule has 35 heavy (non-hydrogen) atoms. The monoisotopic (exact) mass is 490 g/mol. The Labute approximate surface area is 207 Å². The van der Waals surface area contributed by atoms with Crippen LogP contribution in [0.15, 0.2) is 84.3 Å². The number of hydrogen-bond donors (Lipinski definition) is 3. The first-order chi connectivity index (χ1) is 16.8. The van der Waals surface area contributed by atoms with Crippen LogP contribution in [0.3, 0.4) is 0 Å². The molecule has 3 aromatic rings. The van der Waals surface area contributed by atoms with Crippen LogP contribution in [0.4, 0.5) is 5.69 Å². The second-order valence-electron chi connectivity index (χ2n) is 8.33. The number of nitro groups is 1. The van der Waals surface area contributed by atoms with E-state index >= 15 is 0 Å². The number of carbonyl (C=O) groups is 1. The van der Waals surface area contributed by atoms with Crippen molar-refractivity contribution in [2.24, 2.45) is 5.73 Å². The van der Waals surface area contributed by atoms with E-state index in [0.29, 0.717) is 18.1 Å². The fourth-order valence-corrected chi connectivity index (χ4v) is 5.22. The molecule has 0 radical (unpaired) electrons. The van der Waals surface area contributed by atoms with E-state index in [4.69, 9.17) is 5.73 Å². The average molecular weight is 491 g/mol. The molecule has 4 rings (SSSR count). The molecule has 0 saturated heterocycles. The second kappa shape index (κ2) is 10.2. The molecule has 0 saturated carbocycles. The van der Waals surface area contributed by atoms with Gasteiger partial charge in [0.1, 0.15) is 5.25 Å². The third kappa shape index (κ3) is 5.13. The van der Waals surface area contributed by atoms with Crippen molar-refractivity contribution >= 4 is 34.3 Å². The van der Waals surface area contributed by atoms with Crippen molar-refractivity contribution in [3.8, 4) is 0 Å². The summed E-state index contributed by atoms with van der Waals surface area (Å²) in [4.78, 5) is 29.1. The van der Waals surface area contributed by atoms with E-state index in [1.54, 1.807) is 25.2 Å². The van der Waals surface area contributed by atoms with Crippen molar-refractivity contribution < 1.29 is 9.72 Å². The topological polar surface area (TPSA) is 126 Å². The lowest BCUT2D eigenvalue weighted by Gasteiger charge is -2.35. The summed E-state index contributed by atoms with van der Waals surface area (Å²) in [6.45, 7) is 0.472. The van der Waals surface area contributed by atoms with Gasteiger partial charge >= 0.3 is 0 Å². The van der Waals surface area contributed by atoms with E-state index < -0.39 is 21.6 Å². The maximum Gasteiger partial charge on any atom is 0.274 e. The number of aromatic nitrogens is 1. The number of amides is 1. The van der Waals surface area contributed by atoms with Gasteiger partial charge in [0.2, 0.25) is 5.91 Å². The van der Waals surface area contributed by atoms with Crippen LogP contribution < -0.4 is 16.4 Å². The molecular weight excluding hydrogens is 464 g/mol. The van der Waals surface area contributed by atoms with Crippen LogP contribution in [0.2, 0.25) is 0 Å². The summed E-state index contributed by atoms with van der Waals surface area (Å²) in [6.07, 6.45) is 4.63. The van der Waals surface area contributed by atoms with E-state index in [1.165, 1.54) is 11.8 Å². The zero-order valence-electron chi connectivity index (χ0n) is 19.3. The minimum atomic E-state index is -0.871. The molecule has 0 bridgehead atoms. The molecule has 0 aliphatic carbocycles. The van der Waals surface area contributed by atoms with Gasteiger partial charge in [-0.05, 0) is 40.8 Å². The molecule has 4 N–H and O–H groups in total. The zero-order valence-corrected chi connectivity index (χ0v) is 20.2. The number of anilines is 1. The van der Waals surface area contributed by atoms with E-state index in [1.807, 2.05) is 66.1 Å². The molecule has 1 aliphatic rings. The Hall–Kier alpha value is -3.89. The van der Waals surface area contributed by atoms with Crippen LogP contribution in [-0.4, -0.2) is 40.1 Å². The molecule has 1 aliphatic heterocycles. The first-order valence-electron chi connectivity index (χ1n) is 10.9. The highest BCUT2D eigenvalue weighted by molar-refractivity contribution is 8.03. The molecule has 1 aromatic heterocycles. The van der Waals surface area contributed by atoms with Crippen molar-refractivity contribution in [1.29, 1.82) is 0 Å². The van der Waals surface area contributed by atoms with Crippen molar-refractivity contribution in [3.63, 3.8) is 0 Å². The quantitative estimate of drug-likeness (QED) is 0.308. The van der Waals surface area contributed by atoms with Gasteiger partial charge in [0.05, 0.1) is 16.0 Å². The molecule has 180 valence electrons. The highest BCUT2D eigenvalue weighted by atomic mass is 32.2. The second-order valence-corrected chi connectivity index (χ2v) is 9.35. The van der Waals surface area contributed by atoms with E-state index in [9.17, 15) is 14.9 Å². The Morgan fingerprint density at radius 3 is 2.80 bits per heavy atom. The molecule has 0 spiro atoms. The van der Waals surface area contributed by atoms with Gasteiger partial charge in [0.25, 0.3) is 6.20 Å². The summed E-state index contributed by atoms with van der Waals surface area (Å²) < 4.78 is 0. The number of para-hydroxylation sites is 1. The summed E-state index contributed by atoms with van der Waals surface area (Å²) in [5, 5.41) is 20.1. The molecule has 2 unspecified atom stereocenters. The molecule has 1 amide bonds. The number of primary amides is 1. The normalized spacial score (nSPS) is 19.6. The van der Waals surface area contributed by atoms with Crippen LogP contribution in [0.5, 0.6) is 0 Å². The number of carbonyl (C=O) groups excluding carboxylic acids is 1. The number of benzene rings is 2.